The molecule has 5 heteroatoms. The topological polar surface area (TPSA) is 55.5 Å². The molecule has 2 aromatic rings. The van der Waals surface area contributed by atoms with E-state index in [4.69, 9.17) is 10.5 Å². The maximum absolute atomic E-state index is 13.8. The van der Waals surface area contributed by atoms with Crippen molar-refractivity contribution in [1.82, 2.24) is 0 Å². The molecule has 0 heterocycles. The predicted octanol–water partition coefficient (Wildman–Crippen LogP) is 2.75. The largest absolute Gasteiger partial charge is 0.497 e. The van der Waals surface area contributed by atoms with E-state index in [1.807, 2.05) is 0 Å². The van der Waals surface area contributed by atoms with Crippen molar-refractivity contribution < 1.29 is 18.6 Å². The predicted molar refractivity (Wildman–Crippen MR) is 76.1 cm³/mol. The van der Waals surface area contributed by atoms with E-state index in [9.17, 15) is 13.9 Å². The zero-order chi connectivity index (χ0) is 15.4. The van der Waals surface area contributed by atoms with Gasteiger partial charge in [0, 0.05) is 12.5 Å². The Morgan fingerprint density at radius 1 is 1.14 bits per heavy atom. The van der Waals surface area contributed by atoms with Crippen LogP contribution in [0.3, 0.4) is 0 Å². The second-order valence-electron chi connectivity index (χ2n) is 4.70. The number of halogens is 2. The fraction of sp³-hybridized carbons (Fsp3) is 0.250. The van der Waals surface area contributed by atoms with Crippen LogP contribution in [0.2, 0.25) is 0 Å². The van der Waals surface area contributed by atoms with E-state index in [-0.39, 0.29) is 12.1 Å². The molecule has 0 spiro atoms. The first-order valence-corrected chi connectivity index (χ1v) is 6.54. The van der Waals surface area contributed by atoms with Crippen molar-refractivity contribution >= 4 is 0 Å². The van der Waals surface area contributed by atoms with Gasteiger partial charge in [0.2, 0.25) is 0 Å². The molecule has 0 saturated heterocycles. The molecule has 0 aliphatic rings. The molecule has 2 atom stereocenters. The van der Waals surface area contributed by atoms with Crippen LogP contribution in [0.15, 0.2) is 42.5 Å². The van der Waals surface area contributed by atoms with E-state index >= 15 is 0 Å². The number of aliphatic hydroxyl groups is 1. The average Bonchev–Trinajstić information content (AvgIpc) is 2.48. The molecule has 0 saturated carbocycles. The van der Waals surface area contributed by atoms with Crippen LogP contribution in [0.25, 0.3) is 0 Å². The number of ether oxygens (including phenoxy) is 1. The fourth-order valence-corrected chi connectivity index (χ4v) is 2.31. The molecule has 0 amide bonds. The van der Waals surface area contributed by atoms with Gasteiger partial charge in [0.05, 0.1) is 18.8 Å². The Morgan fingerprint density at radius 3 is 2.33 bits per heavy atom. The minimum atomic E-state index is -1.37. The Bertz CT molecular complexity index is 599. The zero-order valence-corrected chi connectivity index (χ0v) is 11.6. The van der Waals surface area contributed by atoms with Crippen molar-refractivity contribution in [3.63, 3.8) is 0 Å². The van der Waals surface area contributed by atoms with Crippen LogP contribution < -0.4 is 10.5 Å². The molecule has 2 unspecified atom stereocenters. The van der Waals surface area contributed by atoms with Crippen LogP contribution in [-0.4, -0.2) is 18.8 Å². The van der Waals surface area contributed by atoms with Crippen molar-refractivity contribution in [3.8, 4) is 5.75 Å². The maximum atomic E-state index is 13.8. The number of hydrogen-bond acceptors (Lipinski definition) is 3. The van der Waals surface area contributed by atoms with E-state index in [0.29, 0.717) is 11.3 Å². The van der Waals surface area contributed by atoms with Gasteiger partial charge in [-0.15, -0.1) is 0 Å². The lowest BCUT2D eigenvalue weighted by Crippen LogP contribution is -2.22. The van der Waals surface area contributed by atoms with Crippen LogP contribution in [0.4, 0.5) is 8.78 Å². The van der Waals surface area contributed by atoms with Gasteiger partial charge in [0.1, 0.15) is 17.4 Å². The Morgan fingerprint density at radius 2 is 1.76 bits per heavy atom. The van der Waals surface area contributed by atoms with Gasteiger partial charge in [-0.25, -0.2) is 8.78 Å². The molecule has 0 aromatic heterocycles. The first kappa shape index (κ1) is 15.4. The highest BCUT2D eigenvalue weighted by Gasteiger charge is 2.27. The van der Waals surface area contributed by atoms with Gasteiger partial charge >= 0.3 is 0 Å². The van der Waals surface area contributed by atoms with Crippen LogP contribution in [0.1, 0.15) is 23.1 Å². The summed E-state index contributed by atoms with van der Waals surface area (Å²) in [5.74, 6) is -1.62. The summed E-state index contributed by atoms with van der Waals surface area (Å²) >= 11 is 0. The quantitative estimate of drug-likeness (QED) is 0.891. The number of methoxy groups -OCH3 is 1. The number of nitrogens with two attached hydrogens (primary N) is 1. The Balaban J connectivity index is 2.40. The van der Waals surface area contributed by atoms with Gasteiger partial charge in [-0.1, -0.05) is 18.2 Å². The summed E-state index contributed by atoms with van der Waals surface area (Å²) < 4.78 is 32.7. The second kappa shape index (κ2) is 6.65. The molecule has 0 aliphatic heterocycles. The lowest BCUT2D eigenvalue weighted by Gasteiger charge is -2.23. The third-order valence-corrected chi connectivity index (χ3v) is 3.45. The molecule has 3 N–H and O–H groups in total. The average molecular weight is 293 g/mol. The molecule has 112 valence electrons. The minimum Gasteiger partial charge on any atom is -0.497 e. The van der Waals surface area contributed by atoms with E-state index in [1.165, 1.54) is 13.2 Å². The van der Waals surface area contributed by atoms with Gasteiger partial charge in [-0.3, -0.25) is 0 Å². The first-order valence-electron chi connectivity index (χ1n) is 6.54. The van der Waals surface area contributed by atoms with Crippen molar-refractivity contribution in [1.29, 1.82) is 0 Å². The number of aliphatic hydroxyl groups excluding tert-OH is 1. The normalized spacial score (nSPS) is 13.8. The highest BCUT2D eigenvalue weighted by molar-refractivity contribution is 5.34. The zero-order valence-electron chi connectivity index (χ0n) is 11.6. The molecular weight excluding hydrogens is 276 g/mol. The first-order chi connectivity index (χ1) is 10.1. The number of benzene rings is 2. The summed E-state index contributed by atoms with van der Waals surface area (Å²) in [5, 5.41) is 10.4. The van der Waals surface area contributed by atoms with Crippen LogP contribution >= 0.6 is 0 Å². The van der Waals surface area contributed by atoms with Crippen molar-refractivity contribution in [2.24, 2.45) is 5.73 Å². The third-order valence-electron chi connectivity index (χ3n) is 3.45. The summed E-state index contributed by atoms with van der Waals surface area (Å²) in [6.45, 7) is 0.0438. The third kappa shape index (κ3) is 3.20. The maximum Gasteiger partial charge on any atom is 0.131 e. The molecule has 0 radical (unpaired) electrons. The van der Waals surface area contributed by atoms with Gasteiger partial charge < -0.3 is 15.6 Å². The van der Waals surface area contributed by atoms with E-state index in [1.54, 1.807) is 24.3 Å². The lowest BCUT2D eigenvalue weighted by atomic mass is 9.88. The molecule has 2 rings (SSSR count). The van der Waals surface area contributed by atoms with E-state index in [0.717, 1.165) is 12.1 Å². The molecule has 0 aliphatic carbocycles. The van der Waals surface area contributed by atoms with Gasteiger partial charge in [-0.2, -0.15) is 0 Å². The van der Waals surface area contributed by atoms with Crippen molar-refractivity contribution in [2.45, 2.75) is 12.0 Å². The molecule has 21 heavy (non-hydrogen) atoms. The standard InChI is InChI=1S/C16H17F2NO2/c1-21-11-5-2-4-10(8-11)12(9-19)16(20)15-13(17)6-3-7-14(15)18/h2-8,12,16,20H,9,19H2,1H3. The Kier molecular flexibility index (Phi) is 4.88. The Hall–Kier alpha value is -1.98. The van der Waals surface area contributed by atoms with Crippen LogP contribution in [-0.2, 0) is 0 Å². The molecule has 0 fully saturated rings. The Labute approximate surface area is 122 Å². The van der Waals surface area contributed by atoms with Gasteiger partial charge in [-0.05, 0) is 29.8 Å². The minimum absolute atomic E-state index is 0.0438. The molecule has 0 bridgehead atoms. The number of hydrogen-bond donors (Lipinski definition) is 2. The van der Waals surface area contributed by atoms with Gasteiger partial charge in [0.15, 0.2) is 0 Å². The monoisotopic (exact) mass is 293 g/mol. The van der Waals surface area contributed by atoms with Crippen LogP contribution in [0, 0.1) is 11.6 Å². The summed E-state index contributed by atoms with van der Waals surface area (Å²) in [6, 6.07) is 10.4. The van der Waals surface area contributed by atoms with Crippen molar-refractivity contribution in [2.75, 3.05) is 13.7 Å². The van der Waals surface area contributed by atoms with E-state index < -0.39 is 23.7 Å². The van der Waals surface area contributed by atoms with Crippen molar-refractivity contribution in [3.05, 3.63) is 65.2 Å². The number of rotatable bonds is 5. The summed E-state index contributed by atoms with van der Waals surface area (Å²) in [5.41, 5.74) is 5.98. The summed E-state index contributed by atoms with van der Waals surface area (Å²) in [4.78, 5) is 0. The van der Waals surface area contributed by atoms with Crippen LogP contribution in [0.5, 0.6) is 5.75 Å². The summed E-state index contributed by atoms with van der Waals surface area (Å²) in [7, 11) is 1.52. The molecule has 2 aromatic carbocycles. The lowest BCUT2D eigenvalue weighted by molar-refractivity contribution is 0.138. The highest BCUT2D eigenvalue weighted by atomic mass is 19.1. The SMILES string of the molecule is COc1cccc(C(CN)C(O)c2c(F)cccc2F)c1. The molecule has 3 nitrogen and oxygen atoms in total. The van der Waals surface area contributed by atoms with Gasteiger partial charge in [0.25, 0.3) is 0 Å². The second-order valence-corrected chi connectivity index (χ2v) is 4.70. The van der Waals surface area contributed by atoms with E-state index in [2.05, 4.69) is 0 Å². The highest BCUT2D eigenvalue weighted by Crippen LogP contribution is 2.34. The fourth-order valence-electron chi connectivity index (χ4n) is 2.31. The smallest absolute Gasteiger partial charge is 0.131 e. The summed E-state index contributed by atoms with van der Waals surface area (Å²) in [6.07, 6.45) is -1.37. The molecular formula is C16H17F2NO2.